The number of nitrogens with zero attached hydrogens (tertiary/aromatic N) is 7. The lowest BCUT2D eigenvalue weighted by atomic mass is 9.88. The highest BCUT2D eigenvalue weighted by atomic mass is 32.2. The maximum absolute atomic E-state index is 14.4. The number of anilines is 3. The van der Waals surface area contributed by atoms with Gasteiger partial charge in [-0.25, -0.2) is 4.39 Å². The highest BCUT2D eigenvalue weighted by Gasteiger charge is 2.55. The predicted molar refractivity (Wildman–Crippen MR) is 153 cm³/mol. The van der Waals surface area contributed by atoms with E-state index in [1.165, 1.54) is 16.2 Å². The Labute approximate surface area is 245 Å². The number of nitrogen functional groups attached to an aromatic ring is 1. The van der Waals surface area contributed by atoms with Gasteiger partial charge in [-0.15, -0.1) is 23.1 Å². The number of thioether (sulfide) groups is 1. The fourth-order valence-electron chi connectivity index (χ4n) is 8.06. The van der Waals surface area contributed by atoms with E-state index in [1.807, 2.05) is 11.8 Å². The van der Waals surface area contributed by atoms with Crippen LogP contribution in [0.25, 0.3) is 0 Å². The maximum Gasteiger partial charge on any atom is 0.323 e. The number of aliphatic hydroxyl groups is 1. The summed E-state index contributed by atoms with van der Waals surface area (Å²) >= 11 is 3.37. The molecule has 5 fully saturated rings. The van der Waals surface area contributed by atoms with Gasteiger partial charge >= 0.3 is 6.01 Å². The Morgan fingerprint density at radius 3 is 2.90 bits per heavy atom. The molecule has 0 saturated carbocycles. The Morgan fingerprint density at radius 1 is 1.22 bits per heavy atom. The maximum atomic E-state index is 14.4. The first-order chi connectivity index (χ1) is 19.9. The molecule has 2 bridgehead atoms. The van der Waals surface area contributed by atoms with Gasteiger partial charge in [0.25, 0.3) is 0 Å². The van der Waals surface area contributed by atoms with Crippen molar-refractivity contribution in [2.45, 2.75) is 65.9 Å². The van der Waals surface area contributed by atoms with E-state index in [4.69, 9.17) is 30.2 Å². The van der Waals surface area contributed by atoms with E-state index in [2.05, 4.69) is 20.8 Å². The van der Waals surface area contributed by atoms with Crippen LogP contribution in [0.2, 0.25) is 0 Å². The number of hydrogen-bond acceptors (Lipinski definition) is 13. The van der Waals surface area contributed by atoms with Crippen LogP contribution in [0.3, 0.4) is 0 Å². The molecule has 218 valence electrons. The number of aliphatic hydroxyl groups excluding tert-OH is 1. The van der Waals surface area contributed by atoms with Crippen molar-refractivity contribution >= 4 is 40.0 Å². The van der Waals surface area contributed by atoms with Gasteiger partial charge in [0.15, 0.2) is 0 Å². The van der Waals surface area contributed by atoms with E-state index < -0.39 is 11.7 Å². The Bertz CT molecular complexity index is 1430. The summed E-state index contributed by atoms with van der Waals surface area (Å²) in [6, 6.07) is 2.62. The van der Waals surface area contributed by atoms with Crippen molar-refractivity contribution in [1.82, 2.24) is 19.9 Å². The molecule has 5 saturated heterocycles. The standard InChI is InChI=1S/C27H33FN8O3S2/c28-16-6-25(3-1-5-35(25)8-16)15-39-24-32-22(31-23(33-24)36-17-2-4-26(36,13-37)14-38-9-17)34-11-27(12-34)20-18(7-29)21(30)41-19(20)10-40-27/h16-17,37H,1-6,8-15,30H2/t16-,17+,25+,26+/m1/s1. The molecule has 41 heavy (non-hydrogen) atoms. The Kier molecular flexibility index (Phi) is 5.93. The zero-order chi connectivity index (χ0) is 28.0. The Morgan fingerprint density at radius 2 is 2.07 bits per heavy atom. The van der Waals surface area contributed by atoms with Crippen molar-refractivity contribution in [3.05, 3.63) is 16.0 Å². The van der Waals surface area contributed by atoms with Crippen LogP contribution in [-0.2, 0) is 15.2 Å². The molecule has 0 aliphatic carbocycles. The number of thiophene rings is 1. The van der Waals surface area contributed by atoms with Crippen LogP contribution in [0.4, 0.5) is 21.3 Å². The topological polar surface area (TPSA) is 137 Å². The van der Waals surface area contributed by atoms with Gasteiger partial charge < -0.3 is 30.1 Å². The first-order valence-corrected chi connectivity index (χ1v) is 16.1. The summed E-state index contributed by atoms with van der Waals surface area (Å²) in [5.74, 6) is 1.85. The number of alkyl halides is 1. The molecular weight excluding hydrogens is 567 g/mol. The minimum atomic E-state index is -0.840. The molecule has 11 nitrogen and oxygen atoms in total. The molecule has 0 radical (unpaired) electrons. The predicted octanol–water partition coefficient (Wildman–Crippen LogP) is 2.03. The highest BCUT2D eigenvalue weighted by Crippen LogP contribution is 2.58. The van der Waals surface area contributed by atoms with Crippen molar-refractivity contribution in [3.63, 3.8) is 0 Å². The first-order valence-electron chi connectivity index (χ1n) is 14.3. The minimum Gasteiger partial charge on any atom is -0.461 e. The van der Waals surface area contributed by atoms with Crippen molar-refractivity contribution in [2.75, 3.05) is 68.1 Å². The molecule has 3 N–H and O–H groups in total. The first kappa shape index (κ1) is 26.2. The molecule has 4 atom stereocenters. The molecule has 2 aromatic heterocycles. The lowest BCUT2D eigenvalue weighted by molar-refractivity contribution is 0.0262. The zero-order valence-corrected chi connectivity index (χ0v) is 24.4. The number of rotatable bonds is 6. The summed E-state index contributed by atoms with van der Waals surface area (Å²) in [6.07, 6.45) is 3.24. The average Bonchev–Trinajstić information content (AvgIpc) is 3.71. The van der Waals surface area contributed by atoms with Gasteiger partial charge in [0.1, 0.15) is 23.8 Å². The molecule has 8 rings (SSSR count). The van der Waals surface area contributed by atoms with Crippen LogP contribution >= 0.6 is 23.1 Å². The van der Waals surface area contributed by atoms with Crippen LogP contribution in [0, 0.1) is 11.3 Å². The third-order valence-electron chi connectivity index (χ3n) is 10.1. The van der Waals surface area contributed by atoms with E-state index in [9.17, 15) is 14.8 Å². The van der Waals surface area contributed by atoms with Crippen molar-refractivity contribution in [3.8, 4) is 12.1 Å². The lowest BCUT2D eigenvalue weighted by Crippen LogP contribution is -2.59. The van der Waals surface area contributed by atoms with Crippen molar-refractivity contribution in [1.29, 1.82) is 5.26 Å². The number of morpholine rings is 1. The van der Waals surface area contributed by atoms with E-state index in [-0.39, 0.29) is 28.9 Å². The molecule has 2 aromatic rings. The van der Waals surface area contributed by atoms with Crippen LogP contribution in [0.5, 0.6) is 6.01 Å². The van der Waals surface area contributed by atoms with Crippen LogP contribution in [-0.4, -0.2) is 101 Å². The van der Waals surface area contributed by atoms with Crippen molar-refractivity contribution < 1.29 is 19.0 Å². The summed E-state index contributed by atoms with van der Waals surface area (Å²) in [7, 11) is 0. The summed E-state index contributed by atoms with van der Waals surface area (Å²) in [5, 5.41) is 20.8. The Hall–Kier alpha value is -2.44. The van der Waals surface area contributed by atoms with E-state index >= 15 is 0 Å². The summed E-state index contributed by atoms with van der Waals surface area (Å²) < 4.78 is 26.4. The van der Waals surface area contributed by atoms with Crippen molar-refractivity contribution in [2.24, 2.45) is 0 Å². The smallest absolute Gasteiger partial charge is 0.323 e. The number of fused-ring (bicyclic) bond motifs is 5. The molecule has 0 amide bonds. The fourth-order valence-corrected chi connectivity index (χ4v) is 10.9. The largest absolute Gasteiger partial charge is 0.461 e. The molecule has 6 aliphatic rings. The number of nitrogens with two attached hydrogens (primary N) is 1. The van der Waals surface area contributed by atoms with Crippen LogP contribution in [0.1, 0.15) is 48.1 Å². The van der Waals surface area contributed by atoms with Crippen LogP contribution in [0.15, 0.2) is 0 Å². The van der Waals surface area contributed by atoms with Gasteiger partial charge in [-0.1, -0.05) is 0 Å². The minimum absolute atomic E-state index is 0.0561. The second kappa shape index (κ2) is 9.28. The van der Waals surface area contributed by atoms with Gasteiger partial charge in [-0.2, -0.15) is 20.2 Å². The summed E-state index contributed by atoms with van der Waals surface area (Å²) in [4.78, 5) is 22.1. The average molecular weight is 601 g/mol. The Balaban J connectivity index is 1.12. The molecular formula is C27H33FN8O3S2. The second-order valence-electron chi connectivity index (χ2n) is 12.4. The quantitative estimate of drug-likeness (QED) is 0.502. The molecule has 6 aliphatic heterocycles. The molecule has 8 heterocycles. The molecule has 0 aromatic carbocycles. The van der Waals surface area contributed by atoms with E-state index in [1.54, 1.807) is 0 Å². The zero-order valence-electron chi connectivity index (χ0n) is 22.7. The summed E-state index contributed by atoms with van der Waals surface area (Å²) in [6.45, 7) is 3.89. The second-order valence-corrected chi connectivity index (χ2v) is 14.9. The molecule has 0 unspecified atom stereocenters. The number of hydrogen-bond donors (Lipinski definition) is 2. The molecule has 14 heteroatoms. The van der Waals surface area contributed by atoms with Gasteiger partial charge in [0.05, 0.1) is 47.3 Å². The molecule has 1 spiro atoms. The SMILES string of the molecule is N#Cc1c(N)sc2c1C1(CN(c3nc(OC[C@@]45CCCN4C[C@H](F)C5)nc(N4[C@H]5CC[C@]4(CO)COC5)n3)C1)SC2. The number of halogens is 1. The number of ether oxygens (including phenoxy) is 2. The van der Waals surface area contributed by atoms with E-state index in [0.29, 0.717) is 68.3 Å². The normalized spacial score (nSPS) is 33.2. The van der Waals surface area contributed by atoms with Gasteiger partial charge in [-0.05, 0) is 32.2 Å². The van der Waals surface area contributed by atoms with Gasteiger partial charge in [0.2, 0.25) is 11.9 Å². The van der Waals surface area contributed by atoms with E-state index in [0.717, 1.165) is 43.5 Å². The third kappa shape index (κ3) is 3.82. The lowest BCUT2D eigenvalue weighted by Gasteiger charge is -2.48. The van der Waals surface area contributed by atoms with Crippen LogP contribution < -0.4 is 20.3 Å². The number of aromatic nitrogens is 3. The third-order valence-corrected chi connectivity index (χ3v) is 12.7. The monoisotopic (exact) mass is 600 g/mol. The van der Waals surface area contributed by atoms with Gasteiger partial charge in [-0.3, -0.25) is 4.90 Å². The fraction of sp³-hybridized carbons (Fsp3) is 0.704. The number of nitriles is 1. The highest BCUT2D eigenvalue weighted by molar-refractivity contribution is 8.00. The summed E-state index contributed by atoms with van der Waals surface area (Å²) in [5.41, 5.74) is 6.96. The van der Waals surface area contributed by atoms with Gasteiger partial charge in [0, 0.05) is 42.2 Å².